The standard InChI is InChI=1S/C22H26N2/c1-11-9-10-19(15(5)12(11)2)22-21-17(7)14(4)13(3)16(6)20(21)18(8)23-24-22/h9-10H,1-8H3. The van der Waals surface area contributed by atoms with E-state index in [1.165, 1.54) is 55.3 Å². The first kappa shape index (κ1) is 16.6. The van der Waals surface area contributed by atoms with Gasteiger partial charge in [0, 0.05) is 16.3 Å². The van der Waals surface area contributed by atoms with Crippen LogP contribution in [0.3, 0.4) is 0 Å². The fourth-order valence-corrected chi connectivity index (χ4v) is 3.69. The lowest BCUT2D eigenvalue weighted by Gasteiger charge is -2.19. The Morgan fingerprint density at radius 3 is 1.75 bits per heavy atom. The van der Waals surface area contributed by atoms with Crippen molar-refractivity contribution in [1.82, 2.24) is 10.2 Å². The zero-order valence-corrected chi connectivity index (χ0v) is 16.0. The van der Waals surface area contributed by atoms with Gasteiger partial charge in [-0.15, -0.1) is 5.10 Å². The van der Waals surface area contributed by atoms with Gasteiger partial charge in [0.25, 0.3) is 0 Å². The molecule has 0 bridgehead atoms. The van der Waals surface area contributed by atoms with Crippen LogP contribution in [0.15, 0.2) is 12.1 Å². The van der Waals surface area contributed by atoms with Gasteiger partial charge < -0.3 is 0 Å². The molecule has 0 aliphatic carbocycles. The molecule has 0 aliphatic heterocycles. The Bertz CT molecular complexity index is 982. The molecule has 0 aliphatic rings. The highest BCUT2D eigenvalue weighted by Gasteiger charge is 2.18. The minimum atomic E-state index is 1.01. The van der Waals surface area contributed by atoms with Gasteiger partial charge in [0.15, 0.2) is 0 Å². The van der Waals surface area contributed by atoms with Crippen LogP contribution in [0.4, 0.5) is 0 Å². The third kappa shape index (κ3) is 2.24. The molecule has 2 heteroatoms. The molecule has 2 nitrogen and oxygen atoms in total. The summed E-state index contributed by atoms with van der Waals surface area (Å²) in [5.74, 6) is 0. The van der Waals surface area contributed by atoms with Crippen molar-refractivity contribution in [1.29, 1.82) is 0 Å². The lowest BCUT2D eigenvalue weighted by atomic mass is 9.87. The van der Waals surface area contributed by atoms with Gasteiger partial charge in [-0.1, -0.05) is 12.1 Å². The van der Waals surface area contributed by atoms with Crippen molar-refractivity contribution in [2.75, 3.05) is 0 Å². The fourth-order valence-electron chi connectivity index (χ4n) is 3.69. The first-order chi connectivity index (χ1) is 11.3. The maximum Gasteiger partial charge on any atom is 0.101 e. The highest BCUT2D eigenvalue weighted by Crippen LogP contribution is 2.37. The summed E-state index contributed by atoms with van der Waals surface area (Å²) in [7, 11) is 0. The van der Waals surface area contributed by atoms with E-state index >= 15 is 0 Å². The molecule has 1 aromatic heterocycles. The highest BCUT2D eigenvalue weighted by atomic mass is 15.1. The third-order valence-corrected chi connectivity index (χ3v) is 5.90. The summed E-state index contributed by atoms with van der Waals surface area (Å²) in [6.45, 7) is 17.4. The number of hydrogen-bond acceptors (Lipinski definition) is 2. The summed E-state index contributed by atoms with van der Waals surface area (Å²) in [5.41, 5.74) is 12.5. The number of benzene rings is 2. The molecule has 0 radical (unpaired) electrons. The predicted octanol–water partition coefficient (Wildman–Crippen LogP) is 5.76. The maximum atomic E-state index is 4.63. The number of fused-ring (bicyclic) bond motifs is 1. The molecule has 0 N–H and O–H groups in total. The molecule has 124 valence electrons. The summed E-state index contributed by atoms with van der Waals surface area (Å²) < 4.78 is 0. The van der Waals surface area contributed by atoms with Crippen LogP contribution >= 0.6 is 0 Å². The summed E-state index contributed by atoms with van der Waals surface area (Å²) >= 11 is 0. The van der Waals surface area contributed by atoms with Gasteiger partial charge in [0.1, 0.15) is 5.69 Å². The van der Waals surface area contributed by atoms with Crippen molar-refractivity contribution in [3.63, 3.8) is 0 Å². The number of aryl methyl sites for hydroxylation is 4. The van der Waals surface area contributed by atoms with Crippen LogP contribution in [0.2, 0.25) is 0 Å². The molecule has 24 heavy (non-hydrogen) atoms. The molecule has 0 saturated heterocycles. The fraction of sp³-hybridized carbons (Fsp3) is 0.364. The zero-order valence-electron chi connectivity index (χ0n) is 16.0. The van der Waals surface area contributed by atoms with Gasteiger partial charge in [-0.25, -0.2) is 0 Å². The Morgan fingerprint density at radius 2 is 1.12 bits per heavy atom. The van der Waals surface area contributed by atoms with Crippen LogP contribution in [0.1, 0.15) is 44.6 Å². The zero-order chi connectivity index (χ0) is 17.8. The second kappa shape index (κ2) is 5.70. The lowest BCUT2D eigenvalue weighted by Crippen LogP contribution is -2.03. The summed E-state index contributed by atoms with van der Waals surface area (Å²) in [6.07, 6.45) is 0. The first-order valence-corrected chi connectivity index (χ1v) is 8.56. The number of aromatic nitrogens is 2. The average molecular weight is 318 g/mol. The van der Waals surface area contributed by atoms with Gasteiger partial charge in [0.2, 0.25) is 0 Å². The van der Waals surface area contributed by atoms with Crippen LogP contribution in [-0.4, -0.2) is 10.2 Å². The average Bonchev–Trinajstić information content (AvgIpc) is 2.56. The minimum absolute atomic E-state index is 1.01. The van der Waals surface area contributed by atoms with Crippen molar-refractivity contribution < 1.29 is 0 Å². The topological polar surface area (TPSA) is 25.8 Å². The van der Waals surface area contributed by atoms with E-state index in [9.17, 15) is 0 Å². The molecular formula is C22H26N2. The Labute approximate surface area is 144 Å². The van der Waals surface area contributed by atoms with E-state index in [2.05, 4.69) is 77.7 Å². The maximum absolute atomic E-state index is 4.63. The molecule has 3 rings (SSSR count). The van der Waals surface area contributed by atoms with Crippen molar-refractivity contribution >= 4 is 10.8 Å². The lowest BCUT2D eigenvalue weighted by molar-refractivity contribution is 1.00. The van der Waals surface area contributed by atoms with E-state index in [0.29, 0.717) is 0 Å². The normalized spacial score (nSPS) is 11.3. The molecule has 0 atom stereocenters. The number of nitrogens with zero attached hydrogens (tertiary/aromatic N) is 2. The molecule has 1 heterocycles. The highest BCUT2D eigenvalue weighted by molar-refractivity contribution is 6.01. The van der Waals surface area contributed by atoms with Crippen LogP contribution in [-0.2, 0) is 0 Å². The van der Waals surface area contributed by atoms with Gasteiger partial charge >= 0.3 is 0 Å². The number of rotatable bonds is 1. The molecular weight excluding hydrogens is 292 g/mol. The van der Waals surface area contributed by atoms with Gasteiger partial charge in [-0.3, -0.25) is 0 Å². The van der Waals surface area contributed by atoms with Crippen molar-refractivity contribution in [2.24, 2.45) is 0 Å². The van der Waals surface area contributed by atoms with Gasteiger partial charge in [0.05, 0.1) is 5.69 Å². The SMILES string of the molecule is Cc1ccc(-c2nnc(C)c3c(C)c(C)c(C)c(C)c23)c(C)c1C. The Kier molecular flexibility index (Phi) is 3.95. The second-order valence-corrected chi connectivity index (χ2v) is 7.06. The van der Waals surface area contributed by atoms with Crippen LogP contribution < -0.4 is 0 Å². The Hall–Kier alpha value is -2.22. The van der Waals surface area contributed by atoms with Crippen molar-refractivity contribution in [3.05, 3.63) is 56.8 Å². The quantitative estimate of drug-likeness (QED) is 0.569. The smallest absolute Gasteiger partial charge is 0.101 e. The van der Waals surface area contributed by atoms with E-state index in [1.54, 1.807) is 0 Å². The first-order valence-electron chi connectivity index (χ1n) is 8.56. The van der Waals surface area contributed by atoms with E-state index in [-0.39, 0.29) is 0 Å². The molecule has 0 amide bonds. The second-order valence-electron chi connectivity index (χ2n) is 7.06. The van der Waals surface area contributed by atoms with Crippen LogP contribution in [0.5, 0.6) is 0 Å². The largest absolute Gasteiger partial charge is 0.155 e. The van der Waals surface area contributed by atoms with Crippen LogP contribution in [0.25, 0.3) is 22.0 Å². The van der Waals surface area contributed by atoms with Gasteiger partial charge in [-0.2, -0.15) is 5.10 Å². The molecule has 0 fully saturated rings. The molecule has 0 spiro atoms. The predicted molar refractivity (Wildman–Crippen MR) is 103 cm³/mol. The molecule has 2 aromatic carbocycles. The van der Waals surface area contributed by atoms with Crippen LogP contribution in [0, 0.1) is 55.4 Å². The van der Waals surface area contributed by atoms with Crippen molar-refractivity contribution in [3.8, 4) is 11.3 Å². The van der Waals surface area contributed by atoms with Crippen molar-refractivity contribution in [2.45, 2.75) is 55.4 Å². The van der Waals surface area contributed by atoms with E-state index in [1.807, 2.05) is 0 Å². The Balaban J connectivity index is 2.52. The third-order valence-electron chi connectivity index (χ3n) is 5.90. The van der Waals surface area contributed by atoms with Gasteiger partial charge in [-0.05, 0) is 94.3 Å². The van der Waals surface area contributed by atoms with E-state index in [4.69, 9.17) is 0 Å². The van der Waals surface area contributed by atoms with E-state index < -0.39 is 0 Å². The van der Waals surface area contributed by atoms with E-state index in [0.717, 1.165) is 11.4 Å². The summed E-state index contributed by atoms with van der Waals surface area (Å²) in [4.78, 5) is 0. The number of hydrogen-bond donors (Lipinski definition) is 0. The molecule has 0 saturated carbocycles. The minimum Gasteiger partial charge on any atom is -0.155 e. The monoisotopic (exact) mass is 318 g/mol. The molecule has 0 unspecified atom stereocenters. The summed E-state index contributed by atoms with van der Waals surface area (Å²) in [6, 6.07) is 4.38. The molecule has 3 aromatic rings. The summed E-state index contributed by atoms with van der Waals surface area (Å²) in [5, 5.41) is 11.7. The Morgan fingerprint density at radius 1 is 0.542 bits per heavy atom.